The SMILES string of the molecule is C[C@H]1C[C@@H](c2ncc(-c3cc(N)nn3C)[nH]2)n2c1cc(-c1c(-n3cnnn3)ccc(Cl)c1F)cc2=O. The summed E-state index contributed by atoms with van der Waals surface area (Å²) < 4.78 is 20.0. The normalized spacial score (nSPS) is 17.0. The lowest BCUT2D eigenvalue weighted by atomic mass is 9.99. The summed E-state index contributed by atoms with van der Waals surface area (Å²) in [5.74, 6) is 0.416. The van der Waals surface area contributed by atoms with Gasteiger partial charge in [-0.25, -0.2) is 9.37 Å². The summed E-state index contributed by atoms with van der Waals surface area (Å²) in [5.41, 5.74) is 8.76. The predicted octanol–water partition coefficient (Wildman–Crippen LogP) is 3.09. The number of H-pyrrole nitrogens is 1. The first-order valence-corrected chi connectivity index (χ1v) is 11.5. The Balaban J connectivity index is 1.46. The number of aryl methyl sites for hydroxylation is 1. The topological polar surface area (TPSA) is 138 Å². The van der Waals surface area contributed by atoms with E-state index in [1.165, 1.54) is 23.1 Å². The second-order valence-corrected chi connectivity index (χ2v) is 9.21. The Bertz CT molecular complexity index is 1670. The fourth-order valence-electron chi connectivity index (χ4n) is 4.91. The van der Waals surface area contributed by atoms with E-state index in [4.69, 9.17) is 17.3 Å². The number of nitrogens with two attached hydrogens (primary N) is 1. The molecule has 4 aromatic heterocycles. The number of nitrogen functional groups attached to an aromatic ring is 1. The number of anilines is 1. The molecule has 0 fully saturated rings. The lowest BCUT2D eigenvalue weighted by molar-refractivity contribution is 0.557. The van der Waals surface area contributed by atoms with Crippen molar-refractivity contribution in [2.45, 2.75) is 25.3 Å². The molecule has 0 radical (unpaired) electrons. The fourth-order valence-corrected chi connectivity index (χ4v) is 5.07. The van der Waals surface area contributed by atoms with E-state index in [9.17, 15) is 4.79 Å². The number of hydrogen-bond acceptors (Lipinski definition) is 7. The van der Waals surface area contributed by atoms with Crippen LogP contribution in [-0.2, 0) is 7.05 Å². The van der Waals surface area contributed by atoms with Gasteiger partial charge in [0.1, 0.15) is 18.0 Å². The smallest absolute Gasteiger partial charge is 0.252 e. The van der Waals surface area contributed by atoms with Gasteiger partial charge in [0.05, 0.1) is 34.3 Å². The highest BCUT2D eigenvalue weighted by molar-refractivity contribution is 6.31. The molecule has 0 amide bonds. The summed E-state index contributed by atoms with van der Waals surface area (Å²) in [4.78, 5) is 21.3. The average Bonchev–Trinajstić information content (AvgIpc) is 3.63. The third-order valence-electron chi connectivity index (χ3n) is 6.53. The number of imidazole rings is 1. The minimum atomic E-state index is -0.651. The highest BCUT2D eigenvalue weighted by Crippen LogP contribution is 2.40. The zero-order valence-corrected chi connectivity index (χ0v) is 20.0. The van der Waals surface area contributed by atoms with Crippen LogP contribution in [0.4, 0.5) is 10.2 Å². The molecule has 5 heterocycles. The molecule has 1 aliphatic heterocycles. The van der Waals surface area contributed by atoms with Crippen molar-refractivity contribution in [1.29, 1.82) is 0 Å². The molecule has 0 saturated carbocycles. The zero-order chi connectivity index (χ0) is 25.1. The maximum Gasteiger partial charge on any atom is 0.252 e. The summed E-state index contributed by atoms with van der Waals surface area (Å²) in [6, 6.07) is 7.72. The van der Waals surface area contributed by atoms with Crippen LogP contribution in [0, 0.1) is 5.82 Å². The first-order valence-electron chi connectivity index (χ1n) is 11.1. The quantitative estimate of drug-likeness (QED) is 0.382. The number of benzene rings is 1. The van der Waals surface area contributed by atoms with Gasteiger partial charge in [-0.3, -0.25) is 9.48 Å². The highest BCUT2D eigenvalue weighted by Gasteiger charge is 2.33. The number of pyridine rings is 1. The molecule has 0 saturated heterocycles. The summed E-state index contributed by atoms with van der Waals surface area (Å²) >= 11 is 6.11. The molecule has 0 aliphatic carbocycles. The second kappa shape index (κ2) is 8.12. The van der Waals surface area contributed by atoms with Crippen LogP contribution < -0.4 is 11.3 Å². The predicted molar refractivity (Wildman–Crippen MR) is 130 cm³/mol. The average molecular weight is 507 g/mol. The molecule has 13 heteroatoms. The van der Waals surface area contributed by atoms with Crippen LogP contribution in [0.5, 0.6) is 0 Å². The molecule has 0 spiro atoms. The molecule has 182 valence electrons. The van der Waals surface area contributed by atoms with Crippen molar-refractivity contribution in [3.05, 3.63) is 75.6 Å². The molecular formula is C23H20ClFN10O. The molecule has 0 unspecified atom stereocenters. The van der Waals surface area contributed by atoms with Gasteiger partial charge in [-0.05, 0) is 46.5 Å². The van der Waals surface area contributed by atoms with Gasteiger partial charge in [0, 0.05) is 30.4 Å². The molecule has 1 aliphatic rings. The molecule has 6 rings (SSSR count). The molecule has 11 nitrogen and oxygen atoms in total. The van der Waals surface area contributed by atoms with E-state index in [0.717, 1.165) is 17.1 Å². The van der Waals surface area contributed by atoms with Gasteiger partial charge in [-0.15, -0.1) is 5.10 Å². The van der Waals surface area contributed by atoms with Crippen LogP contribution in [0.1, 0.15) is 36.8 Å². The number of nitrogens with one attached hydrogen (secondary N) is 1. The summed E-state index contributed by atoms with van der Waals surface area (Å²) in [6.45, 7) is 2.03. The molecular weight excluding hydrogens is 487 g/mol. The van der Waals surface area contributed by atoms with E-state index in [2.05, 4.69) is 30.6 Å². The van der Waals surface area contributed by atoms with Crippen LogP contribution in [0.25, 0.3) is 28.2 Å². The Labute approximate surface area is 208 Å². The Kier molecular flexibility index (Phi) is 5.00. The van der Waals surface area contributed by atoms with Crippen molar-refractivity contribution in [1.82, 2.24) is 44.5 Å². The van der Waals surface area contributed by atoms with Gasteiger partial charge < -0.3 is 15.3 Å². The molecule has 0 bridgehead atoms. The first-order chi connectivity index (χ1) is 17.3. The Morgan fingerprint density at radius 1 is 1.25 bits per heavy atom. The van der Waals surface area contributed by atoms with Crippen LogP contribution in [0.3, 0.4) is 0 Å². The van der Waals surface area contributed by atoms with Gasteiger partial charge >= 0.3 is 0 Å². The van der Waals surface area contributed by atoms with E-state index < -0.39 is 5.82 Å². The second-order valence-electron chi connectivity index (χ2n) is 8.80. The maximum atomic E-state index is 15.3. The maximum absolute atomic E-state index is 15.3. The van der Waals surface area contributed by atoms with Crippen molar-refractivity contribution in [2.24, 2.45) is 7.05 Å². The number of tetrazole rings is 1. The van der Waals surface area contributed by atoms with Crippen LogP contribution in [0.15, 0.2) is 47.7 Å². The third-order valence-corrected chi connectivity index (χ3v) is 6.83. The van der Waals surface area contributed by atoms with Crippen molar-refractivity contribution in [2.75, 3.05) is 5.73 Å². The minimum absolute atomic E-state index is 0.0160. The van der Waals surface area contributed by atoms with Gasteiger partial charge in [-0.2, -0.15) is 9.78 Å². The van der Waals surface area contributed by atoms with Crippen molar-refractivity contribution < 1.29 is 4.39 Å². The van der Waals surface area contributed by atoms with E-state index >= 15 is 4.39 Å². The van der Waals surface area contributed by atoms with E-state index in [-0.39, 0.29) is 28.1 Å². The van der Waals surface area contributed by atoms with E-state index in [1.54, 1.807) is 34.6 Å². The van der Waals surface area contributed by atoms with Gasteiger partial charge in [0.15, 0.2) is 5.82 Å². The summed E-state index contributed by atoms with van der Waals surface area (Å²) in [7, 11) is 1.80. The summed E-state index contributed by atoms with van der Waals surface area (Å²) in [6.07, 6.45) is 3.71. The van der Waals surface area contributed by atoms with Crippen molar-refractivity contribution >= 4 is 17.4 Å². The monoisotopic (exact) mass is 506 g/mol. The first kappa shape index (κ1) is 22.2. The number of aromatic nitrogens is 9. The molecule has 2 atom stereocenters. The fraction of sp³-hybridized carbons (Fsp3) is 0.217. The lowest BCUT2D eigenvalue weighted by Crippen LogP contribution is -2.24. The number of halogens is 2. The minimum Gasteiger partial charge on any atom is -0.382 e. The number of hydrogen-bond donors (Lipinski definition) is 2. The van der Waals surface area contributed by atoms with Gasteiger partial charge in [-0.1, -0.05) is 18.5 Å². The number of aromatic amines is 1. The molecule has 36 heavy (non-hydrogen) atoms. The van der Waals surface area contributed by atoms with Gasteiger partial charge in [0.25, 0.3) is 5.56 Å². The lowest BCUT2D eigenvalue weighted by Gasteiger charge is -2.15. The molecule has 5 aromatic rings. The zero-order valence-electron chi connectivity index (χ0n) is 19.2. The number of rotatable bonds is 4. The van der Waals surface area contributed by atoms with Crippen molar-refractivity contribution in [3.63, 3.8) is 0 Å². The largest absolute Gasteiger partial charge is 0.382 e. The van der Waals surface area contributed by atoms with E-state index in [1.807, 2.05) is 13.0 Å². The van der Waals surface area contributed by atoms with Crippen LogP contribution in [0.2, 0.25) is 5.02 Å². The van der Waals surface area contributed by atoms with Crippen LogP contribution >= 0.6 is 11.6 Å². The number of nitrogens with zero attached hydrogens (tertiary/aromatic N) is 8. The van der Waals surface area contributed by atoms with Gasteiger partial charge in [0.2, 0.25) is 0 Å². The van der Waals surface area contributed by atoms with Crippen molar-refractivity contribution in [3.8, 4) is 28.2 Å². The Morgan fingerprint density at radius 3 is 2.81 bits per heavy atom. The van der Waals surface area contributed by atoms with Crippen LogP contribution in [-0.4, -0.2) is 44.5 Å². The Hall–Kier alpha value is -4.32. The third kappa shape index (κ3) is 3.40. The standard InChI is InChI=1S/C23H20ClFN10O/c1-11-5-18(23-27-9-14(29-23)17-8-19(26)30-33(17)2)35-16(11)6-12(7-20(35)36)21-15(34-10-28-31-32-34)4-3-13(24)22(21)25/h3-4,6-11,18H,5H2,1-2H3,(H2,26,30)(H,27,29)/t11-,18-/m0/s1. The highest BCUT2D eigenvalue weighted by atomic mass is 35.5. The molecule has 3 N–H and O–H groups in total. The summed E-state index contributed by atoms with van der Waals surface area (Å²) in [5, 5.41) is 15.3. The van der Waals surface area contributed by atoms with E-state index in [0.29, 0.717) is 29.3 Å². The molecule has 1 aromatic carbocycles. The number of fused-ring (bicyclic) bond motifs is 1. The Morgan fingerprint density at radius 2 is 2.08 bits per heavy atom.